The minimum atomic E-state index is 0.430. The lowest BCUT2D eigenvalue weighted by atomic mass is 9.39. The Bertz CT molecular complexity index is 892. The number of nitrogens with zero attached hydrogens (tertiary/aromatic N) is 1. The molecule has 0 atom stereocenters. The Balaban J connectivity index is 0.000000247. The van der Waals surface area contributed by atoms with Crippen LogP contribution in [0.15, 0.2) is 77.5 Å². The number of allylic oxidation sites excluding steroid dienone is 2. The molecule has 3 rings (SSSR count). The highest BCUT2D eigenvalue weighted by atomic mass is 79.9. The summed E-state index contributed by atoms with van der Waals surface area (Å²) in [6, 6.07) is 21.4. The predicted octanol–water partition coefficient (Wildman–Crippen LogP) is 7.96. The Kier molecular flexibility index (Phi) is 13.8. The Hall–Kier alpha value is -2.07. The topological polar surface area (TPSA) is 28.7 Å². The first-order valence-corrected chi connectivity index (χ1v) is 14.1. The van der Waals surface area contributed by atoms with Crippen LogP contribution in [0.5, 0.6) is 0 Å². The van der Waals surface area contributed by atoms with Gasteiger partial charge in [0, 0.05) is 5.69 Å². The second-order valence-corrected chi connectivity index (χ2v) is 11.6. The van der Waals surface area contributed by atoms with Crippen molar-refractivity contribution in [2.75, 3.05) is 0 Å². The van der Waals surface area contributed by atoms with E-state index in [2.05, 4.69) is 127 Å². The number of H-pyrrole nitrogens is 1. The molecule has 188 valence electrons. The Morgan fingerprint density at radius 1 is 0.857 bits per heavy atom. The number of imidazole rings is 1. The minimum absolute atomic E-state index is 0.430. The third-order valence-corrected chi connectivity index (χ3v) is 6.57. The SMILES string of the molecule is CC(Br)=CCB(c1ccccc1)c1ccccc1.CC(C)CCCc1nc[nH]c1CCCC(C)C. The van der Waals surface area contributed by atoms with Gasteiger partial charge in [-0.25, -0.2) is 4.98 Å². The Morgan fingerprint density at radius 3 is 1.86 bits per heavy atom. The van der Waals surface area contributed by atoms with Gasteiger partial charge >= 0.3 is 0 Å². The number of aryl methyl sites for hydroxylation is 2. The molecule has 1 aromatic heterocycles. The van der Waals surface area contributed by atoms with Crippen molar-refractivity contribution in [3.8, 4) is 0 Å². The van der Waals surface area contributed by atoms with Crippen LogP contribution in [0.3, 0.4) is 0 Å². The number of aromatic amines is 1. The number of halogens is 1. The van der Waals surface area contributed by atoms with Crippen LogP contribution in [0.2, 0.25) is 6.32 Å². The average Bonchev–Trinajstić information content (AvgIpc) is 3.27. The van der Waals surface area contributed by atoms with Gasteiger partial charge in [-0.2, -0.15) is 0 Å². The fraction of sp³-hybridized carbons (Fsp3) is 0.452. The molecule has 0 saturated heterocycles. The number of hydrogen-bond donors (Lipinski definition) is 1. The van der Waals surface area contributed by atoms with Crippen molar-refractivity contribution in [1.82, 2.24) is 9.97 Å². The second kappa shape index (κ2) is 16.6. The second-order valence-electron chi connectivity index (χ2n) is 10.3. The maximum atomic E-state index is 4.46. The quantitative estimate of drug-likeness (QED) is 0.234. The van der Waals surface area contributed by atoms with Gasteiger partial charge in [0.15, 0.2) is 0 Å². The van der Waals surface area contributed by atoms with E-state index in [4.69, 9.17) is 0 Å². The molecule has 4 heteroatoms. The van der Waals surface area contributed by atoms with Crippen LogP contribution in [-0.2, 0) is 12.8 Å². The fourth-order valence-electron chi connectivity index (χ4n) is 4.26. The molecule has 2 aromatic carbocycles. The van der Waals surface area contributed by atoms with Crippen LogP contribution in [0.1, 0.15) is 71.7 Å². The highest BCUT2D eigenvalue weighted by Gasteiger charge is 2.16. The van der Waals surface area contributed by atoms with E-state index in [1.807, 2.05) is 6.33 Å². The molecule has 1 heterocycles. The molecule has 0 unspecified atom stereocenters. The Labute approximate surface area is 223 Å². The molecule has 0 fully saturated rings. The normalized spacial score (nSPS) is 11.5. The number of aromatic nitrogens is 2. The lowest BCUT2D eigenvalue weighted by Gasteiger charge is -2.12. The summed E-state index contributed by atoms with van der Waals surface area (Å²) >= 11 is 3.51. The van der Waals surface area contributed by atoms with Gasteiger partial charge in [-0.1, -0.05) is 134 Å². The minimum Gasteiger partial charge on any atom is -0.348 e. The molecule has 2 nitrogen and oxygen atoms in total. The van der Waals surface area contributed by atoms with Crippen molar-refractivity contribution >= 4 is 33.6 Å². The molecular formula is C31H44BBrN2. The molecule has 0 spiro atoms. The third kappa shape index (κ3) is 12.0. The molecule has 35 heavy (non-hydrogen) atoms. The zero-order valence-corrected chi connectivity index (χ0v) is 24.0. The van der Waals surface area contributed by atoms with Crippen LogP contribution in [0, 0.1) is 11.8 Å². The van der Waals surface area contributed by atoms with Gasteiger partial charge in [-0.15, -0.1) is 0 Å². The van der Waals surface area contributed by atoms with Gasteiger partial charge in [0.1, 0.15) is 0 Å². The van der Waals surface area contributed by atoms with Gasteiger partial charge in [-0.05, 0) is 55.2 Å². The predicted molar refractivity (Wildman–Crippen MR) is 160 cm³/mol. The molecule has 0 aliphatic heterocycles. The van der Waals surface area contributed by atoms with E-state index >= 15 is 0 Å². The molecule has 0 bridgehead atoms. The van der Waals surface area contributed by atoms with Crippen LogP contribution in [0.25, 0.3) is 0 Å². The first kappa shape index (κ1) is 29.2. The van der Waals surface area contributed by atoms with Gasteiger partial charge in [0.25, 0.3) is 0 Å². The first-order chi connectivity index (χ1) is 16.9. The molecule has 0 radical (unpaired) electrons. The average molecular weight is 535 g/mol. The lowest BCUT2D eigenvalue weighted by Crippen LogP contribution is -2.41. The summed E-state index contributed by atoms with van der Waals surface area (Å²) in [5.41, 5.74) is 5.41. The van der Waals surface area contributed by atoms with Gasteiger partial charge in [0.2, 0.25) is 6.71 Å². The van der Waals surface area contributed by atoms with Crippen LogP contribution in [-0.4, -0.2) is 16.7 Å². The van der Waals surface area contributed by atoms with Crippen molar-refractivity contribution in [3.05, 3.63) is 88.9 Å². The molecular weight excluding hydrogens is 491 g/mol. The monoisotopic (exact) mass is 534 g/mol. The highest BCUT2D eigenvalue weighted by molar-refractivity contribution is 9.11. The molecule has 0 saturated carbocycles. The number of hydrogen-bond acceptors (Lipinski definition) is 1. The van der Waals surface area contributed by atoms with Crippen molar-refractivity contribution in [2.45, 2.75) is 79.5 Å². The van der Waals surface area contributed by atoms with E-state index in [1.165, 1.54) is 52.5 Å². The van der Waals surface area contributed by atoms with Crippen molar-refractivity contribution in [1.29, 1.82) is 0 Å². The fourth-order valence-corrected chi connectivity index (χ4v) is 4.45. The summed E-state index contributed by atoms with van der Waals surface area (Å²) in [5.74, 6) is 1.61. The van der Waals surface area contributed by atoms with Crippen LogP contribution < -0.4 is 10.9 Å². The van der Waals surface area contributed by atoms with Crippen molar-refractivity contribution in [2.24, 2.45) is 11.8 Å². The molecule has 1 N–H and O–H groups in total. The molecule has 3 aromatic rings. The zero-order valence-electron chi connectivity index (χ0n) is 22.4. The number of nitrogens with one attached hydrogen (secondary N) is 1. The van der Waals surface area contributed by atoms with Crippen LogP contribution >= 0.6 is 15.9 Å². The maximum absolute atomic E-state index is 4.46. The van der Waals surface area contributed by atoms with Gasteiger partial charge in [-0.3, -0.25) is 0 Å². The number of benzene rings is 2. The molecule has 0 aliphatic carbocycles. The van der Waals surface area contributed by atoms with Gasteiger partial charge < -0.3 is 4.98 Å². The standard InChI is InChI=1S/C16H16BBr.C15H28N2/c1-14(18)12-13-17(15-8-4-2-5-9-15)16-10-6-3-7-11-16;1-12(2)7-5-9-14-15(17-11-16-14)10-6-8-13(3)4/h2-12H,13H2,1H3;11-13H,5-10H2,1-4H3,(H,16,17). The van der Waals surface area contributed by atoms with E-state index in [0.717, 1.165) is 31.0 Å². The molecule has 0 aliphatic rings. The maximum Gasteiger partial charge on any atom is 0.213 e. The summed E-state index contributed by atoms with van der Waals surface area (Å²) in [6.07, 6.45) is 12.6. The van der Waals surface area contributed by atoms with E-state index < -0.39 is 0 Å². The van der Waals surface area contributed by atoms with E-state index in [-0.39, 0.29) is 0 Å². The lowest BCUT2D eigenvalue weighted by molar-refractivity contribution is 0.544. The van der Waals surface area contributed by atoms with E-state index in [9.17, 15) is 0 Å². The third-order valence-electron chi connectivity index (χ3n) is 6.25. The summed E-state index contributed by atoms with van der Waals surface area (Å²) < 4.78 is 1.19. The summed E-state index contributed by atoms with van der Waals surface area (Å²) in [6.45, 7) is 11.7. The highest BCUT2D eigenvalue weighted by Crippen LogP contribution is 2.14. The Morgan fingerprint density at radius 2 is 1.37 bits per heavy atom. The smallest absolute Gasteiger partial charge is 0.213 e. The van der Waals surface area contributed by atoms with Gasteiger partial charge in [0.05, 0.1) is 12.0 Å². The van der Waals surface area contributed by atoms with Crippen molar-refractivity contribution < 1.29 is 0 Å². The van der Waals surface area contributed by atoms with Crippen molar-refractivity contribution in [3.63, 3.8) is 0 Å². The van der Waals surface area contributed by atoms with E-state index in [1.54, 1.807) is 0 Å². The van der Waals surface area contributed by atoms with E-state index in [0.29, 0.717) is 6.71 Å². The zero-order chi connectivity index (χ0) is 25.5. The summed E-state index contributed by atoms with van der Waals surface area (Å²) in [5, 5.41) is 0. The molecule has 0 amide bonds. The summed E-state index contributed by atoms with van der Waals surface area (Å²) in [7, 11) is 0. The van der Waals surface area contributed by atoms with Crippen LogP contribution in [0.4, 0.5) is 0 Å². The largest absolute Gasteiger partial charge is 0.348 e. The summed E-state index contributed by atoms with van der Waals surface area (Å²) in [4.78, 5) is 7.76. The number of rotatable bonds is 12. The first-order valence-electron chi connectivity index (χ1n) is 13.3.